The average molecular weight is 673 g/mol. The summed E-state index contributed by atoms with van der Waals surface area (Å²) in [6.07, 6.45) is 15.8. The molecule has 2 aliphatic rings. The molecule has 6 heteroatoms. The van der Waals surface area contributed by atoms with E-state index in [2.05, 4.69) is 70.3 Å². The largest absolute Gasteiger partial charge is 0.462 e. The number of aliphatic hydroxyl groups is 2. The summed E-state index contributed by atoms with van der Waals surface area (Å²) in [5.74, 6) is 0.758. The molecule has 0 atom stereocenters. The molecule has 0 amide bonds. The lowest BCUT2D eigenvalue weighted by molar-refractivity contribution is -0.146. The SMILES string of the molecule is C=C(CO)C(=O)OCC(COC(=O)C(=C)CO)C1CCC(c2ccc(-c3ccc(C4CCC(CCCCC)CC4)c(CC)c3)cc2C)CC1. The first-order valence-electron chi connectivity index (χ1n) is 18.8. The monoisotopic (exact) mass is 672 g/mol. The molecule has 2 aliphatic carbocycles. The number of rotatable bonds is 17. The lowest BCUT2D eigenvalue weighted by Gasteiger charge is -2.34. The molecule has 0 radical (unpaired) electrons. The van der Waals surface area contributed by atoms with E-state index in [-0.39, 0.29) is 36.2 Å². The molecule has 2 saturated carbocycles. The second-order valence-electron chi connectivity index (χ2n) is 14.6. The molecule has 0 aromatic heterocycles. The standard InChI is InChI=1S/C43H60O6/c1-6-8-9-10-32-11-13-36(14-12-32)41-22-20-38(24-33(41)7-2)37-19-21-40(29(3)23-37)35-17-15-34(16-18-35)39(27-48-42(46)30(4)25-44)28-49-43(47)31(5)26-45/h19-24,32,34-36,39,44-45H,4-18,25-28H2,1-3H3. The summed E-state index contributed by atoms with van der Waals surface area (Å²) in [6, 6.07) is 14.2. The molecule has 6 nitrogen and oxygen atoms in total. The highest BCUT2D eigenvalue weighted by Gasteiger charge is 2.31. The van der Waals surface area contributed by atoms with Crippen molar-refractivity contribution in [3.05, 3.63) is 83.0 Å². The molecule has 0 spiro atoms. The van der Waals surface area contributed by atoms with Crippen LogP contribution in [0.15, 0.2) is 60.7 Å². The van der Waals surface area contributed by atoms with Gasteiger partial charge in [0.1, 0.15) is 0 Å². The molecule has 0 unspecified atom stereocenters. The molecule has 0 bridgehead atoms. The van der Waals surface area contributed by atoms with E-state index < -0.39 is 25.2 Å². The predicted octanol–water partition coefficient (Wildman–Crippen LogP) is 9.15. The van der Waals surface area contributed by atoms with Crippen LogP contribution in [0.5, 0.6) is 0 Å². The summed E-state index contributed by atoms with van der Waals surface area (Å²) in [5, 5.41) is 18.5. The van der Waals surface area contributed by atoms with Gasteiger partial charge in [0.25, 0.3) is 0 Å². The number of hydrogen-bond acceptors (Lipinski definition) is 6. The molecule has 49 heavy (non-hydrogen) atoms. The minimum Gasteiger partial charge on any atom is -0.462 e. The van der Waals surface area contributed by atoms with Crippen LogP contribution in [0.4, 0.5) is 0 Å². The molecule has 268 valence electrons. The fraction of sp³-hybridized carbons (Fsp3) is 0.581. The Morgan fingerprint density at radius 2 is 1.29 bits per heavy atom. The number of ether oxygens (including phenoxy) is 2. The topological polar surface area (TPSA) is 93.1 Å². The van der Waals surface area contributed by atoms with Gasteiger partial charge in [0.2, 0.25) is 0 Å². The molecule has 4 rings (SSSR count). The first-order chi connectivity index (χ1) is 23.7. The molecule has 2 aromatic carbocycles. The van der Waals surface area contributed by atoms with E-state index in [1.165, 1.54) is 79.2 Å². The van der Waals surface area contributed by atoms with Crippen LogP contribution in [0.1, 0.15) is 125 Å². The Morgan fingerprint density at radius 3 is 1.82 bits per heavy atom. The third kappa shape index (κ3) is 10.6. The van der Waals surface area contributed by atoms with E-state index in [4.69, 9.17) is 9.47 Å². The lowest BCUT2D eigenvalue weighted by atomic mass is 9.73. The van der Waals surface area contributed by atoms with Crippen LogP contribution in [0.2, 0.25) is 0 Å². The smallest absolute Gasteiger partial charge is 0.335 e. The molecular formula is C43H60O6. The van der Waals surface area contributed by atoms with E-state index in [0.717, 1.165) is 38.0 Å². The number of benzene rings is 2. The van der Waals surface area contributed by atoms with Gasteiger partial charge < -0.3 is 19.7 Å². The van der Waals surface area contributed by atoms with Gasteiger partial charge in [-0.25, -0.2) is 9.59 Å². The van der Waals surface area contributed by atoms with Gasteiger partial charge in [-0.1, -0.05) is 89.1 Å². The number of aliphatic hydroxyl groups excluding tert-OH is 2. The summed E-state index contributed by atoms with van der Waals surface area (Å²) in [6.45, 7) is 13.1. The fourth-order valence-electron chi connectivity index (χ4n) is 8.17. The zero-order valence-electron chi connectivity index (χ0n) is 30.3. The molecule has 2 N–H and O–H groups in total. The number of carbonyl (C=O) groups is 2. The van der Waals surface area contributed by atoms with E-state index in [9.17, 15) is 19.8 Å². The van der Waals surface area contributed by atoms with Crippen molar-refractivity contribution in [3.63, 3.8) is 0 Å². The zero-order valence-corrected chi connectivity index (χ0v) is 30.3. The first-order valence-corrected chi connectivity index (χ1v) is 18.8. The maximum Gasteiger partial charge on any atom is 0.335 e. The van der Waals surface area contributed by atoms with Crippen molar-refractivity contribution >= 4 is 11.9 Å². The quantitative estimate of drug-likeness (QED) is 0.0989. The number of carbonyl (C=O) groups excluding carboxylic acids is 2. The van der Waals surface area contributed by atoms with E-state index in [1.807, 2.05) is 0 Å². The van der Waals surface area contributed by atoms with Gasteiger partial charge in [-0.3, -0.25) is 0 Å². The zero-order chi connectivity index (χ0) is 35.3. The maximum absolute atomic E-state index is 12.2. The van der Waals surface area contributed by atoms with Gasteiger partial charge >= 0.3 is 11.9 Å². The van der Waals surface area contributed by atoms with Gasteiger partial charge in [0, 0.05) is 5.92 Å². The van der Waals surface area contributed by atoms with Gasteiger partial charge in [-0.15, -0.1) is 0 Å². The Bertz CT molecular complexity index is 1380. The van der Waals surface area contributed by atoms with Crippen molar-refractivity contribution in [1.82, 2.24) is 0 Å². The fourth-order valence-corrected chi connectivity index (χ4v) is 8.17. The highest BCUT2D eigenvalue weighted by molar-refractivity contribution is 5.88. The molecule has 2 aromatic rings. The molecular weight excluding hydrogens is 612 g/mol. The summed E-state index contributed by atoms with van der Waals surface area (Å²) in [4.78, 5) is 24.4. The van der Waals surface area contributed by atoms with Crippen LogP contribution in [-0.4, -0.2) is 48.6 Å². The minimum atomic E-state index is -0.649. The van der Waals surface area contributed by atoms with Crippen LogP contribution >= 0.6 is 0 Å². The Balaban J connectivity index is 1.38. The van der Waals surface area contributed by atoms with Crippen LogP contribution in [0.25, 0.3) is 11.1 Å². The Morgan fingerprint density at radius 1 is 0.755 bits per heavy atom. The number of aryl methyl sites for hydroxylation is 2. The van der Waals surface area contributed by atoms with Crippen molar-refractivity contribution in [2.45, 2.75) is 116 Å². The van der Waals surface area contributed by atoms with Crippen molar-refractivity contribution in [3.8, 4) is 11.1 Å². The number of esters is 2. The number of hydrogen-bond donors (Lipinski definition) is 2. The number of unbranched alkanes of at least 4 members (excludes halogenated alkanes) is 2. The van der Waals surface area contributed by atoms with Crippen LogP contribution in [0, 0.1) is 24.7 Å². The summed E-state index contributed by atoms with van der Waals surface area (Å²) < 4.78 is 10.9. The highest BCUT2D eigenvalue weighted by Crippen LogP contribution is 2.42. The molecule has 0 saturated heterocycles. The van der Waals surface area contributed by atoms with Crippen LogP contribution in [-0.2, 0) is 25.5 Å². The van der Waals surface area contributed by atoms with Gasteiger partial charge in [0.15, 0.2) is 0 Å². The van der Waals surface area contributed by atoms with Gasteiger partial charge in [-0.05, 0) is 122 Å². The van der Waals surface area contributed by atoms with Gasteiger partial charge in [0.05, 0.1) is 37.6 Å². The first kappa shape index (κ1) is 38.6. The van der Waals surface area contributed by atoms with Crippen molar-refractivity contribution in [2.75, 3.05) is 26.4 Å². The minimum absolute atomic E-state index is 0.00990. The summed E-state index contributed by atoms with van der Waals surface area (Å²) in [5.41, 5.74) is 8.32. The molecule has 2 fully saturated rings. The second-order valence-corrected chi connectivity index (χ2v) is 14.6. The molecule has 0 heterocycles. The van der Waals surface area contributed by atoms with E-state index in [1.54, 1.807) is 5.56 Å². The van der Waals surface area contributed by atoms with E-state index in [0.29, 0.717) is 11.8 Å². The Labute approximate surface area is 295 Å². The second kappa shape index (κ2) is 19.2. The summed E-state index contributed by atoms with van der Waals surface area (Å²) in [7, 11) is 0. The van der Waals surface area contributed by atoms with Gasteiger partial charge in [-0.2, -0.15) is 0 Å². The normalized spacial score (nSPS) is 20.9. The maximum atomic E-state index is 12.2. The average Bonchev–Trinajstić information content (AvgIpc) is 3.14. The van der Waals surface area contributed by atoms with Crippen molar-refractivity contribution < 1.29 is 29.3 Å². The predicted molar refractivity (Wildman–Crippen MR) is 197 cm³/mol. The van der Waals surface area contributed by atoms with Crippen molar-refractivity contribution in [1.29, 1.82) is 0 Å². The van der Waals surface area contributed by atoms with E-state index >= 15 is 0 Å². The Hall–Kier alpha value is -3.22. The van der Waals surface area contributed by atoms with Crippen LogP contribution in [0.3, 0.4) is 0 Å². The third-order valence-corrected chi connectivity index (χ3v) is 11.3. The highest BCUT2D eigenvalue weighted by atomic mass is 16.5. The van der Waals surface area contributed by atoms with Crippen LogP contribution < -0.4 is 0 Å². The van der Waals surface area contributed by atoms with Crippen molar-refractivity contribution in [2.24, 2.45) is 17.8 Å². The Kier molecular flexibility index (Phi) is 15.2. The molecule has 0 aliphatic heterocycles. The summed E-state index contributed by atoms with van der Waals surface area (Å²) >= 11 is 0. The third-order valence-electron chi connectivity index (χ3n) is 11.3. The lowest BCUT2D eigenvalue weighted by Crippen LogP contribution is -2.31.